The molecule has 0 radical (unpaired) electrons. The third kappa shape index (κ3) is 2.65. The van der Waals surface area contributed by atoms with E-state index < -0.39 is 10.1 Å². The van der Waals surface area contributed by atoms with Gasteiger partial charge in [-0.1, -0.05) is 24.3 Å². The van der Waals surface area contributed by atoms with Crippen molar-refractivity contribution in [3.63, 3.8) is 0 Å². The first-order chi connectivity index (χ1) is 7.00. The Labute approximate surface area is 136 Å². The van der Waals surface area contributed by atoms with Crippen LogP contribution in [-0.4, -0.2) is 13.0 Å². The Kier molecular flexibility index (Phi) is 4.53. The standard InChI is InChI=1S/C10H9NO3S.K/c11-9-5-6-10(15(12,13)14)8-4-2-1-3-7(8)9;/h1-6H,11H2,(H,12,13,14);/q;+1/p-1. The number of hydrogen-bond donors (Lipinski definition) is 1. The topological polar surface area (TPSA) is 83.2 Å². The SMILES string of the molecule is Nc1ccc(S(=O)(=O)[O-])c2ccccc12.[K+]. The number of hydrogen-bond acceptors (Lipinski definition) is 4. The molecule has 2 rings (SSSR count). The van der Waals surface area contributed by atoms with E-state index in [1.165, 1.54) is 12.1 Å². The van der Waals surface area contributed by atoms with Crippen molar-refractivity contribution in [3.05, 3.63) is 36.4 Å². The van der Waals surface area contributed by atoms with E-state index in [1.54, 1.807) is 24.3 Å². The molecule has 0 saturated heterocycles. The molecule has 0 atom stereocenters. The summed E-state index contributed by atoms with van der Waals surface area (Å²) in [6, 6.07) is 9.30. The minimum absolute atomic E-state index is 0. The molecule has 0 aliphatic rings. The Morgan fingerprint density at radius 2 is 1.56 bits per heavy atom. The van der Waals surface area contributed by atoms with Crippen molar-refractivity contribution in [2.24, 2.45) is 0 Å². The molecule has 2 N–H and O–H groups in total. The van der Waals surface area contributed by atoms with Crippen molar-refractivity contribution in [2.45, 2.75) is 4.90 Å². The Morgan fingerprint density at radius 1 is 1.00 bits per heavy atom. The smallest absolute Gasteiger partial charge is 0.744 e. The molecule has 2 aromatic rings. The van der Waals surface area contributed by atoms with Gasteiger partial charge in [-0.15, -0.1) is 0 Å². The zero-order chi connectivity index (χ0) is 11.1. The molecule has 0 bridgehead atoms. The number of rotatable bonds is 1. The molecular weight excluding hydrogens is 253 g/mol. The van der Waals surface area contributed by atoms with Crippen LogP contribution in [0.2, 0.25) is 0 Å². The predicted molar refractivity (Wildman–Crippen MR) is 56.3 cm³/mol. The van der Waals surface area contributed by atoms with Crippen molar-refractivity contribution >= 4 is 26.6 Å². The third-order valence-corrected chi connectivity index (χ3v) is 3.08. The van der Waals surface area contributed by atoms with Crippen molar-refractivity contribution in [2.75, 3.05) is 5.73 Å². The molecule has 6 heteroatoms. The second-order valence-corrected chi connectivity index (χ2v) is 4.50. The maximum absolute atomic E-state index is 11.0. The van der Waals surface area contributed by atoms with E-state index >= 15 is 0 Å². The average Bonchev–Trinajstić information content (AvgIpc) is 2.17. The first-order valence-corrected chi connectivity index (χ1v) is 5.64. The number of fused-ring (bicyclic) bond motifs is 1. The van der Waals surface area contributed by atoms with Crippen LogP contribution in [0.15, 0.2) is 41.3 Å². The summed E-state index contributed by atoms with van der Waals surface area (Å²) in [6.07, 6.45) is 0. The van der Waals surface area contributed by atoms with E-state index in [-0.39, 0.29) is 56.3 Å². The van der Waals surface area contributed by atoms with Gasteiger partial charge in [0.05, 0.1) is 4.90 Å². The van der Waals surface area contributed by atoms with Gasteiger partial charge in [0.1, 0.15) is 10.1 Å². The second kappa shape index (κ2) is 5.13. The van der Waals surface area contributed by atoms with Crippen LogP contribution >= 0.6 is 0 Å². The number of anilines is 1. The third-order valence-electron chi connectivity index (χ3n) is 2.19. The van der Waals surface area contributed by atoms with Crippen LogP contribution in [-0.2, 0) is 10.1 Å². The average molecular weight is 261 g/mol. The van der Waals surface area contributed by atoms with Gasteiger partial charge in [0.25, 0.3) is 0 Å². The predicted octanol–water partition coefficient (Wildman–Crippen LogP) is -1.67. The Balaban J connectivity index is 0.00000128. The molecule has 2 aromatic carbocycles. The molecule has 78 valence electrons. The van der Waals surface area contributed by atoms with E-state index in [1.807, 2.05) is 0 Å². The van der Waals surface area contributed by atoms with E-state index in [0.717, 1.165) is 0 Å². The maximum atomic E-state index is 11.0. The fourth-order valence-corrected chi connectivity index (χ4v) is 2.19. The summed E-state index contributed by atoms with van der Waals surface area (Å²) in [7, 11) is -4.45. The monoisotopic (exact) mass is 261 g/mol. The molecule has 0 saturated carbocycles. The van der Waals surface area contributed by atoms with Gasteiger partial charge in [-0.2, -0.15) is 0 Å². The number of nitrogen functional groups attached to an aromatic ring is 1. The van der Waals surface area contributed by atoms with Crippen LogP contribution in [0, 0.1) is 0 Å². The van der Waals surface area contributed by atoms with Gasteiger partial charge in [0.15, 0.2) is 0 Å². The molecule has 0 aliphatic heterocycles. The van der Waals surface area contributed by atoms with E-state index in [0.29, 0.717) is 16.5 Å². The molecule has 0 aromatic heterocycles. The Hall–Kier alpha value is 0.0464. The van der Waals surface area contributed by atoms with Crippen molar-refractivity contribution < 1.29 is 64.4 Å². The van der Waals surface area contributed by atoms with Gasteiger partial charge in [-0.05, 0) is 12.1 Å². The van der Waals surface area contributed by atoms with Crippen molar-refractivity contribution in [1.82, 2.24) is 0 Å². The van der Waals surface area contributed by atoms with Gasteiger partial charge >= 0.3 is 51.4 Å². The first-order valence-electron chi connectivity index (χ1n) is 4.23. The molecule has 0 amide bonds. The van der Waals surface area contributed by atoms with Crippen LogP contribution in [0.4, 0.5) is 5.69 Å². The fraction of sp³-hybridized carbons (Fsp3) is 0. The normalized spacial score (nSPS) is 11.1. The number of benzene rings is 2. The molecular formula is C10H8KNO3S. The molecule has 0 aliphatic carbocycles. The van der Waals surface area contributed by atoms with Gasteiger partial charge in [0, 0.05) is 16.5 Å². The summed E-state index contributed by atoms with van der Waals surface area (Å²) in [5.41, 5.74) is 6.13. The van der Waals surface area contributed by atoms with Crippen LogP contribution in [0.25, 0.3) is 10.8 Å². The van der Waals surface area contributed by atoms with Crippen molar-refractivity contribution in [3.8, 4) is 0 Å². The van der Waals surface area contributed by atoms with Gasteiger partial charge < -0.3 is 10.3 Å². The summed E-state index contributed by atoms with van der Waals surface area (Å²) in [4.78, 5) is -0.229. The minimum Gasteiger partial charge on any atom is -0.744 e. The molecule has 0 heterocycles. The van der Waals surface area contributed by atoms with Gasteiger partial charge in [-0.25, -0.2) is 8.42 Å². The molecule has 0 spiro atoms. The zero-order valence-corrected chi connectivity index (χ0v) is 12.6. The zero-order valence-electron chi connectivity index (χ0n) is 8.67. The largest absolute Gasteiger partial charge is 1.00 e. The second-order valence-electron chi connectivity index (χ2n) is 3.15. The van der Waals surface area contributed by atoms with Crippen LogP contribution in [0.5, 0.6) is 0 Å². The van der Waals surface area contributed by atoms with Gasteiger partial charge in [0.2, 0.25) is 0 Å². The van der Waals surface area contributed by atoms with Crippen LogP contribution in [0.3, 0.4) is 0 Å². The summed E-state index contributed by atoms with van der Waals surface area (Å²) in [5, 5.41) is 0.946. The summed E-state index contributed by atoms with van der Waals surface area (Å²) in [5.74, 6) is 0. The maximum Gasteiger partial charge on any atom is 1.00 e. The summed E-state index contributed by atoms with van der Waals surface area (Å²) >= 11 is 0. The molecule has 16 heavy (non-hydrogen) atoms. The van der Waals surface area contributed by atoms with E-state index in [2.05, 4.69) is 0 Å². The van der Waals surface area contributed by atoms with Crippen LogP contribution < -0.4 is 57.1 Å². The van der Waals surface area contributed by atoms with Gasteiger partial charge in [-0.3, -0.25) is 0 Å². The fourth-order valence-electron chi connectivity index (χ4n) is 1.51. The number of nitrogens with two attached hydrogens (primary N) is 1. The summed E-state index contributed by atoms with van der Waals surface area (Å²) in [6.45, 7) is 0. The van der Waals surface area contributed by atoms with E-state index in [4.69, 9.17) is 5.73 Å². The molecule has 0 fully saturated rings. The summed E-state index contributed by atoms with van der Waals surface area (Å²) < 4.78 is 32.9. The minimum atomic E-state index is -4.45. The van der Waals surface area contributed by atoms with Crippen molar-refractivity contribution in [1.29, 1.82) is 0 Å². The Morgan fingerprint density at radius 3 is 2.12 bits per heavy atom. The Bertz CT molecular complexity index is 625. The van der Waals surface area contributed by atoms with Crippen LogP contribution in [0.1, 0.15) is 0 Å². The van der Waals surface area contributed by atoms with E-state index in [9.17, 15) is 13.0 Å². The first kappa shape index (κ1) is 14.1. The quantitative estimate of drug-likeness (QED) is 0.378. The molecule has 0 unspecified atom stereocenters. The molecule has 4 nitrogen and oxygen atoms in total.